The van der Waals surface area contributed by atoms with E-state index in [2.05, 4.69) is 9.94 Å². The Morgan fingerprint density at radius 3 is 2.59 bits per heavy atom. The first-order valence-corrected chi connectivity index (χ1v) is 11.1. The smallest absolute Gasteiger partial charge is 0.276 e. The molecule has 8 heteroatoms. The zero-order chi connectivity index (χ0) is 24.2. The zero-order valence-corrected chi connectivity index (χ0v) is 18.8. The van der Waals surface area contributed by atoms with Gasteiger partial charge in [-0.05, 0) is 49.9 Å². The summed E-state index contributed by atoms with van der Waals surface area (Å²) < 4.78 is 15.8. The molecule has 1 fully saturated rings. The Morgan fingerprint density at radius 2 is 1.91 bits per heavy atom. The Bertz CT molecular complexity index is 1390. The fourth-order valence-corrected chi connectivity index (χ4v) is 5.52. The molecule has 7 nitrogen and oxygen atoms in total. The predicted octanol–water partition coefficient (Wildman–Crippen LogP) is 4.41. The van der Waals surface area contributed by atoms with Crippen LogP contribution in [0.4, 0.5) is 10.1 Å². The normalized spacial score (nSPS) is 21.5. The van der Waals surface area contributed by atoms with Gasteiger partial charge in [-0.15, -0.1) is 0 Å². The Hall–Kier alpha value is -3.99. The van der Waals surface area contributed by atoms with E-state index in [-0.39, 0.29) is 11.7 Å². The van der Waals surface area contributed by atoms with Crippen LogP contribution in [0.25, 0.3) is 4.85 Å². The number of halogens is 1. The van der Waals surface area contributed by atoms with Crippen molar-refractivity contribution in [1.29, 1.82) is 0 Å². The van der Waals surface area contributed by atoms with Gasteiger partial charge in [0.15, 0.2) is 17.1 Å². The Morgan fingerprint density at radius 1 is 1.18 bits per heavy atom. The van der Waals surface area contributed by atoms with Crippen LogP contribution in [-0.4, -0.2) is 37.3 Å². The Kier molecular flexibility index (Phi) is 5.01. The van der Waals surface area contributed by atoms with Crippen LogP contribution in [0.2, 0.25) is 0 Å². The molecule has 2 aliphatic heterocycles. The van der Waals surface area contributed by atoms with E-state index in [0.717, 1.165) is 18.2 Å². The van der Waals surface area contributed by atoms with Gasteiger partial charge in [0.1, 0.15) is 5.82 Å². The van der Waals surface area contributed by atoms with Crippen molar-refractivity contribution in [2.24, 2.45) is 0 Å². The van der Waals surface area contributed by atoms with Crippen LogP contribution >= 0.6 is 0 Å². The molecule has 2 aliphatic rings. The monoisotopic (exact) mass is 458 g/mol. The van der Waals surface area contributed by atoms with Crippen molar-refractivity contribution in [2.75, 3.05) is 0 Å². The van der Waals surface area contributed by atoms with E-state index in [4.69, 9.17) is 6.57 Å². The number of aromatic hydroxyl groups is 1. The average molecular weight is 458 g/mol. The molecule has 3 atom stereocenters. The van der Waals surface area contributed by atoms with E-state index in [1.807, 2.05) is 32.0 Å². The molecule has 0 spiro atoms. The lowest BCUT2D eigenvalue weighted by Gasteiger charge is -2.46. The van der Waals surface area contributed by atoms with Gasteiger partial charge in [-0.25, -0.2) is 9.24 Å². The second-order valence-electron chi connectivity index (χ2n) is 9.47. The first kappa shape index (κ1) is 21.8. The van der Waals surface area contributed by atoms with Crippen LogP contribution in [0.15, 0.2) is 59.5 Å². The molecule has 2 aromatic carbocycles. The van der Waals surface area contributed by atoms with E-state index in [9.17, 15) is 19.1 Å². The fraction of sp³-hybridized carbons (Fsp3) is 0.308. The van der Waals surface area contributed by atoms with Crippen molar-refractivity contribution in [2.45, 2.75) is 50.2 Å². The second-order valence-corrected chi connectivity index (χ2v) is 9.47. The highest BCUT2D eigenvalue weighted by atomic mass is 19.1. The molecule has 5 rings (SSSR count). The Labute approximate surface area is 195 Å². The van der Waals surface area contributed by atoms with Gasteiger partial charge in [-0.2, -0.15) is 5.10 Å². The van der Waals surface area contributed by atoms with Crippen LogP contribution < -0.4 is 5.43 Å². The largest absolute Gasteiger partial charge is 0.502 e. The maximum atomic E-state index is 14.4. The molecule has 3 aromatic rings. The number of carbonyl (C=O) groups is 1. The number of hydrogen-bond donors (Lipinski definition) is 1. The quantitative estimate of drug-likeness (QED) is 0.590. The van der Waals surface area contributed by atoms with Gasteiger partial charge in [-0.3, -0.25) is 14.3 Å². The van der Waals surface area contributed by atoms with E-state index < -0.39 is 40.4 Å². The lowest BCUT2D eigenvalue weighted by molar-refractivity contribution is 0.0347. The summed E-state index contributed by atoms with van der Waals surface area (Å²) in [5, 5.41) is 14.9. The molecule has 0 aliphatic carbocycles. The van der Waals surface area contributed by atoms with Crippen molar-refractivity contribution in [3.63, 3.8) is 0 Å². The summed E-state index contributed by atoms with van der Waals surface area (Å²) in [4.78, 5) is 31.0. The minimum atomic E-state index is -0.725. The van der Waals surface area contributed by atoms with Gasteiger partial charge in [0.2, 0.25) is 5.43 Å². The number of fused-ring (bicyclic) bond motifs is 2. The SMILES string of the molecule is [C-]#[N+]c1ccc([C@H](c2cccc(F)c2)[C@H]2[C@H]3CCC(C)(C)N3C(=O)c3c(O)c(=O)cnn32)cc1. The summed E-state index contributed by atoms with van der Waals surface area (Å²) in [6.45, 7) is 11.2. The van der Waals surface area contributed by atoms with Crippen LogP contribution in [0, 0.1) is 12.4 Å². The highest BCUT2D eigenvalue weighted by Crippen LogP contribution is 2.50. The summed E-state index contributed by atoms with van der Waals surface area (Å²) in [5.41, 5.74) is 0.590. The summed E-state index contributed by atoms with van der Waals surface area (Å²) in [7, 11) is 0. The van der Waals surface area contributed by atoms with Crippen LogP contribution in [0.5, 0.6) is 5.75 Å². The van der Waals surface area contributed by atoms with Gasteiger partial charge in [0, 0.05) is 11.5 Å². The molecule has 0 unspecified atom stereocenters. The van der Waals surface area contributed by atoms with E-state index in [1.165, 1.54) is 16.8 Å². The molecule has 1 amide bonds. The van der Waals surface area contributed by atoms with Crippen LogP contribution in [0.3, 0.4) is 0 Å². The van der Waals surface area contributed by atoms with Gasteiger partial charge >= 0.3 is 0 Å². The third-order valence-corrected chi connectivity index (χ3v) is 7.05. The molecular formula is C26H23FN4O3. The molecular weight excluding hydrogens is 435 g/mol. The molecule has 3 heterocycles. The number of hydrogen-bond acceptors (Lipinski definition) is 4. The van der Waals surface area contributed by atoms with Crippen LogP contribution in [-0.2, 0) is 0 Å². The first-order chi connectivity index (χ1) is 16.2. The number of aromatic nitrogens is 2. The number of nitrogens with zero attached hydrogens (tertiary/aromatic N) is 4. The highest BCUT2D eigenvalue weighted by Gasteiger charge is 2.54. The molecule has 34 heavy (non-hydrogen) atoms. The summed E-state index contributed by atoms with van der Waals surface area (Å²) in [5.74, 6) is -1.93. The molecule has 1 N–H and O–H groups in total. The minimum absolute atomic E-state index is 0.150. The molecule has 1 aromatic heterocycles. The first-order valence-electron chi connectivity index (χ1n) is 11.1. The standard InChI is InChI=1S/C26H23FN4O3/c1-26(2)12-11-19-22(31-23(25(34)30(19)26)24(33)20(32)14-29-31)21(16-5-4-6-17(27)13-16)15-7-9-18(28-3)10-8-15/h4-10,13-14,19,21-22,33H,11-12H2,1-2H3/t19-,21-,22-/m1/s1. The number of amides is 1. The van der Waals surface area contributed by atoms with E-state index in [1.54, 1.807) is 23.1 Å². The lowest BCUT2D eigenvalue weighted by Crippen LogP contribution is -2.56. The minimum Gasteiger partial charge on any atom is -0.502 e. The van der Waals surface area contributed by atoms with Gasteiger partial charge < -0.3 is 10.0 Å². The van der Waals surface area contributed by atoms with Crippen LogP contribution in [0.1, 0.15) is 60.3 Å². The Balaban J connectivity index is 1.80. The maximum absolute atomic E-state index is 14.4. The highest BCUT2D eigenvalue weighted by molar-refractivity contribution is 5.96. The fourth-order valence-electron chi connectivity index (χ4n) is 5.52. The van der Waals surface area contributed by atoms with Gasteiger partial charge in [0.25, 0.3) is 5.91 Å². The summed E-state index contributed by atoms with van der Waals surface area (Å²) >= 11 is 0. The van der Waals surface area contributed by atoms with Gasteiger partial charge in [0.05, 0.1) is 24.9 Å². The van der Waals surface area contributed by atoms with E-state index >= 15 is 0 Å². The molecule has 172 valence electrons. The number of carbonyl (C=O) groups excluding carboxylic acids is 1. The second kappa shape index (κ2) is 7.80. The molecule has 1 saturated heterocycles. The predicted molar refractivity (Wildman–Crippen MR) is 123 cm³/mol. The number of benzene rings is 2. The average Bonchev–Trinajstić information content (AvgIpc) is 3.14. The maximum Gasteiger partial charge on any atom is 0.276 e. The van der Waals surface area contributed by atoms with Gasteiger partial charge in [-0.1, -0.05) is 36.4 Å². The lowest BCUT2D eigenvalue weighted by atomic mass is 9.80. The zero-order valence-electron chi connectivity index (χ0n) is 18.8. The van der Waals surface area contributed by atoms with Crippen molar-refractivity contribution >= 4 is 11.6 Å². The molecule has 0 radical (unpaired) electrons. The van der Waals surface area contributed by atoms with Crippen molar-refractivity contribution in [3.05, 3.63) is 99.0 Å². The van der Waals surface area contributed by atoms with Crippen molar-refractivity contribution in [1.82, 2.24) is 14.7 Å². The summed E-state index contributed by atoms with van der Waals surface area (Å²) in [6.07, 6.45) is 2.43. The topological polar surface area (TPSA) is 79.8 Å². The molecule has 0 bridgehead atoms. The van der Waals surface area contributed by atoms with Crippen molar-refractivity contribution in [3.8, 4) is 5.75 Å². The van der Waals surface area contributed by atoms with E-state index in [0.29, 0.717) is 17.7 Å². The third-order valence-electron chi connectivity index (χ3n) is 7.05. The molecule has 0 saturated carbocycles. The third kappa shape index (κ3) is 3.27. The summed E-state index contributed by atoms with van der Waals surface area (Å²) in [6, 6.07) is 12.5. The number of rotatable bonds is 3. The van der Waals surface area contributed by atoms with Crippen molar-refractivity contribution < 1.29 is 14.3 Å².